The topological polar surface area (TPSA) is 86.2 Å². The van der Waals surface area contributed by atoms with Gasteiger partial charge in [0.25, 0.3) is 5.69 Å². The number of nitrogen functional groups attached to an aromatic ring is 1. The first-order valence-corrected chi connectivity index (χ1v) is 3.25. The maximum absolute atomic E-state index is 12.8. The van der Waals surface area contributed by atoms with Gasteiger partial charge in [0.1, 0.15) is 11.5 Å². The van der Waals surface area contributed by atoms with Gasteiger partial charge in [0.05, 0.1) is 10.5 Å². The minimum atomic E-state index is -0.863. The minimum absolute atomic E-state index is 0.150. The van der Waals surface area contributed by atoms with Gasteiger partial charge in [-0.25, -0.2) is 4.39 Å². The summed E-state index contributed by atoms with van der Waals surface area (Å²) < 4.78 is 12.8. The predicted molar refractivity (Wildman–Crippen MR) is 42.9 cm³/mol. The van der Waals surface area contributed by atoms with Crippen LogP contribution in [0.5, 0.6) is 0 Å². The van der Waals surface area contributed by atoms with Crippen molar-refractivity contribution in [2.75, 3.05) is 5.73 Å². The van der Waals surface area contributed by atoms with Gasteiger partial charge < -0.3 is 5.73 Å². The molecule has 0 unspecified atom stereocenters. The number of hydrogen-bond acceptors (Lipinski definition) is 4. The highest BCUT2D eigenvalue weighted by Gasteiger charge is 2.17. The Bertz CT molecular complexity index is 378. The fourth-order valence-corrected chi connectivity index (χ4v) is 0.877. The normalized spacial score (nSPS) is 9.62. The zero-order valence-corrected chi connectivity index (χ0v) is 6.36. The summed E-state index contributed by atoms with van der Waals surface area (Å²) in [6.45, 7) is 0. The van der Waals surface area contributed by atoms with E-state index >= 15 is 0 Å². The standard InChI is InChI=1S/C7H5FN2O3/c8-5-1-2-6(10(12)13)7(9)4(5)3-11/h1-3H,9H2. The number of nitro groups is 1. The number of nitrogens with two attached hydrogens (primary N) is 1. The lowest BCUT2D eigenvalue weighted by atomic mass is 10.1. The lowest BCUT2D eigenvalue weighted by Crippen LogP contribution is -2.01. The first kappa shape index (κ1) is 9.11. The molecular formula is C7H5FN2O3. The van der Waals surface area contributed by atoms with Crippen molar-refractivity contribution in [3.8, 4) is 0 Å². The van der Waals surface area contributed by atoms with E-state index in [0.717, 1.165) is 12.1 Å². The van der Waals surface area contributed by atoms with Crippen LogP contribution in [0.2, 0.25) is 0 Å². The van der Waals surface area contributed by atoms with Crippen LogP contribution >= 0.6 is 0 Å². The minimum Gasteiger partial charge on any atom is -0.392 e. The van der Waals surface area contributed by atoms with Crippen molar-refractivity contribution in [1.29, 1.82) is 0 Å². The van der Waals surface area contributed by atoms with Gasteiger partial charge >= 0.3 is 0 Å². The summed E-state index contributed by atoms with van der Waals surface area (Å²) in [5.41, 5.74) is 3.79. The van der Waals surface area contributed by atoms with Gasteiger partial charge in [-0.1, -0.05) is 0 Å². The van der Waals surface area contributed by atoms with E-state index in [1.165, 1.54) is 0 Å². The highest BCUT2D eigenvalue weighted by atomic mass is 19.1. The summed E-state index contributed by atoms with van der Waals surface area (Å²) in [7, 11) is 0. The second-order valence-electron chi connectivity index (χ2n) is 2.27. The molecule has 0 spiro atoms. The van der Waals surface area contributed by atoms with Gasteiger partial charge in [0, 0.05) is 6.07 Å². The Balaban J connectivity index is 3.44. The molecule has 0 aliphatic rings. The van der Waals surface area contributed by atoms with Crippen LogP contribution in [0.4, 0.5) is 15.8 Å². The molecule has 0 bridgehead atoms. The van der Waals surface area contributed by atoms with Crippen molar-refractivity contribution in [2.45, 2.75) is 0 Å². The molecule has 0 fully saturated rings. The second kappa shape index (κ2) is 3.18. The fourth-order valence-electron chi connectivity index (χ4n) is 0.877. The maximum atomic E-state index is 12.8. The van der Waals surface area contributed by atoms with Gasteiger partial charge in [-0.3, -0.25) is 14.9 Å². The summed E-state index contributed by atoms with van der Waals surface area (Å²) >= 11 is 0. The van der Waals surface area contributed by atoms with Crippen molar-refractivity contribution >= 4 is 17.7 Å². The third kappa shape index (κ3) is 1.46. The average molecular weight is 184 g/mol. The molecular weight excluding hydrogens is 179 g/mol. The molecule has 1 aromatic rings. The van der Waals surface area contributed by atoms with E-state index in [-0.39, 0.29) is 6.29 Å². The number of carbonyl (C=O) groups is 1. The second-order valence-corrected chi connectivity index (χ2v) is 2.27. The van der Waals surface area contributed by atoms with Gasteiger partial charge in [-0.2, -0.15) is 0 Å². The largest absolute Gasteiger partial charge is 0.392 e. The molecule has 1 aromatic carbocycles. The molecule has 0 saturated heterocycles. The van der Waals surface area contributed by atoms with E-state index in [0.29, 0.717) is 0 Å². The number of carbonyl (C=O) groups excluding carboxylic acids is 1. The molecule has 0 heterocycles. The van der Waals surface area contributed by atoms with Crippen LogP contribution in [0.1, 0.15) is 10.4 Å². The monoisotopic (exact) mass is 184 g/mol. The van der Waals surface area contributed by atoms with Crippen LogP contribution in [-0.4, -0.2) is 11.2 Å². The predicted octanol–water partition coefficient (Wildman–Crippen LogP) is 1.13. The third-order valence-electron chi connectivity index (χ3n) is 1.53. The first-order chi connectivity index (χ1) is 6.07. The molecule has 0 radical (unpaired) electrons. The summed E-state index contributed by atoms with van der Waals surface area (Å²) in [5, 5.41) is 10.3. The number of nitrogens with zero attached hydrogens (tertiary/aromatic N) is 1. The lowest BCUT2D eigenvalue weighted by Gasteiger charge is -2.00. The molecule has 0 amide bonds. The average Bonchev–Trinajstić information content (AvgIpc) is 2.04. The van der Waals surface area contributed by atoms with E-state index in [9.17, 15) is 19.3 Å². The van der Waals surface area contributed by atoms with Gasteiger partial charge in [0.15, 0.2) is 6.29 Å². The van der Waals surface area contributed by atoms with Crippen molar-refractivity contribution in [2.24, 2.45) is 0 Å². The Kier molecular flexibility index (Phi) is 2.23. The quantitative estimate of drug-likeness (QED) is 0.323. The van der Waals surface area contributed by atoms with Crippen molar-refractivity contribution in [1.82, 2.24) is 0 Å². The first-order valence-electron chi connectivity index (χ1n) is 3.25. The van der Waals surface area contributed by atoms with Gasteiger partial charge in [-0.05, 0) is 6.07 Å². The lowest BCUT2D eigenvalue weighted by molar-refractivity contribution is -0.384. The number of anilines is 1. The van der Waals surface area contributed by atoms with Crippen LogP contribution in [-0.2, 0) is 0 Å². The van der Waals surface area contributed by atoms with Crippen LogP contribution in [0.25, 0.3) is 0 Å². The molecule has 6 heteroatoms. The molecule has 0 aliphatic carbocycles. The number of aldehydes is 1. The molecule has 0 atom stereocenters. The van der Waals surface area contributed by atoms with E-state index in [1.807, 2.05) is 0 Å². The summed E-state index contributed by atoms with van der Waals surface area (Å²) in [6, 6.07) is 1.75. The molecule has 2 N–H and O–H groups in total. The Morgan fingerprint density at radius 2 is 2.15 bits per heavy atom. The molecule has 68 valence electrons. The number of rotatable bonds is 2. The maximum Gasteiger partial charge on any atom is 0.293 e. The van der Waals surface area contributed by atoms with E-state index in [4.69, 9.17) is 5.73 Å². The molecule has 1 rings (SSSR count). The molecule has 13 heavy (non-hydrogen) atoms. The van der Waals surface area contributed by atoms with Crippen LogP contribution in [0, 0.1) is 15.9 Å². The van der Waals surface area contributed by atoms with Crippen molar-refractivity contribution in [3.63, 3.8) is 0 Å². The van der Waals surface area contributed by atoms with Crippen molar-refractivity contribution < 1.29 is 14.1 Å². The number of nitro benzene ring substituents is 1. The Morgan fingerprint density at radius 3 is 2.62 bits per heavy atom. The summed E-state index contributed by atoms with van der Waals surface area (Å²) in [6.07, 6.45) is 0.150. The number of halogens is 1. The van der Waals surface area contributed by atoms with Crippen molar-refractivity contribution in [3.05, 3.63) is 33.6 Å². The molecule has 0 aliphatic heterocycles. The number of benzene rings is 1. The van der Waals surface area contributed by atoms with E-state index in [2.05, 4.69) is 0 Å². The van der Waals surface area contributed by atoms with Gasteiger partial charge in [0.2, 0.25) is 0 Å². The zero-order valence-electron chi connectivity index (χ0n) is 6.36. The summed E-state index contributed by atoms with van der Waals surface area (Å²) in [4.78, 5) is 19.8. The Labute approximate surface area is 72.1 Å². The Hall–Kier alpha value is -1.98. The zero-order chi connectivity index (χ0) is 10.0. The molecule has 0 aromatic heterocycles. The van der Waals surface area contributed by atoms with Gasteiger partial charge in [-0.15, -0.1) is 0 Å². The SMILES string of the molecule is Nc1c([N+](=O)[O-])ccc(F)c1C=O. The van der Waals surface area contributed by atoms with Crippen LogP contribution in [0.15, 0.2) is 12.1 Å². The third-order valence-corrected chi connectivity index (χ3v) is 1.53. The smallest absolute Gasteiger partial charge is 0.293 e. The van der Waals surface area contributed by atoms with E-state index < -0.39 is 27.7 Å². The summed E-state index contributed by atoms with van der Waals surface area (Å²) in [5.74, 6) is -0.863. The van der Waals surface area contributed by atoms with Crippen LogP contribution in [0.3, 0.4) is 0 Å². The molecule has 0 saturated carbocycles. The molecule has 5 nitrogen and oxygen atoms in total. The highest BCUT2D eigenvalue weighted by molar-refractivity contribution is 5.87. The van der Waals surface area contributed by atoms with Crippen LogP contribution < -0.4 is 5.73 Å². The highest BCUT2D eigenvalue weighted by Crippen LogP contribution is 2.25. The Morgan fingerprint density at radius 1 is 1.54 bits per heavy atom. The van der Waals surface area contributed by atoms with E-state index in [1.54, 1.807) is 0 Å². The number of hydrogen-bond donors (Lipinski definition) is 1. The fraction of sp³-hybridized carbons (Fsp3) is 0.